The molecule has 1 aromatic heterocycles. The molecule has 2 aliphatic rings. The highest BCUT2D eigenvalue weighted by Crippen LogP contribution is 2.30. The number of anilines is 1. The first-order valence-corrected chi connectivity index (χ1v) is 9.30. The van der Waals surface area contributed by atoms with E-state index in [0.29, 0.717) is 11.6 Å². The Balaban J connectivity index is 1.59. The molecule has 2 fully saturated rings. The van der Waals surface area contributed by atoms with Gasteiger partial charge in [0.05, 0.1) is 23.3 Å². The van der Waals surface area contributed by atoms with Crippen LogP contribution in [-0.4, -0.2) is 60.9 Å². The van der Waals surface area contributed by atoms with Gasteiger partial charge in [0.1, 0.15) is 6.07 Å². The monoisotopic (exact) mass is 351 g/mol. The minimum absolute atomic E-state index is 0.159. The summed E-state index contributed by atoms with van der Waals surface area (Å²) in [5.74, 6) is 0. The van der Waals surface area contributed by atoms with Crippen molar-refractivity contribution >= 4 is 16.6 Å². The first kappa shape index (κ1) is 17.2. The number of ether oxygens (including phenoxy) is 1. The maximum atomic E-state index is 9.36. The summed E-state index contributed by atoms with van der Waals surface area (Å²) in [5, 5.41) is 10.4. The fraction of sp³-hybridized carbons (Fsp3) is 0.500. The average molecular weight is 351 g/mol. The Morgan fingerprint density at radius 1 is 1.31 bits per heavy atom. The number of morpholine rings is 1. The standard InChI is InChI=1S/C20H25N5O/c1-14-10-25(13-17(26-14)12-24-8-6-16(22)11-24)19-5-4-15(9-21)20-18(19)3-2-7-23-20/h2-5,7,14,16-17H,6,8,10-13,22H2,1H3/t14-,16-,17-/m1/s1. The summed E-state index contributed by atoms with van der Waals surface area (Å²) in [7, 11) is 0. The molecule has 6 nitrogen and oxygen atoms in total. The second-order valence-electron chi connectivity index (χ2n) is 7.43. The highest BCUT2D eigenvalue weighted by Gasteiger charge is 2.30. The maximum absolute atomic E-state index is 9.36. The molecule has 0 amide bonds. The minimum Gasteiger partial charge on any atom is -0.370 e. The number of likely N-dealkylation sites (tertiary alicyclic amines) is 1. The predicted molar refractivity (Wildman–Crippen MR) is 102 cm³/mol. The van der Waals surface area contributed by atoms with Crippen LogP contribution in [0.1, 0.15) is 18.9 Å². The fourth-order valence-electron chi connectivity index (χ4n) is 4.18. The molecule has 0 radical (unpaired) electrons. The third kappa shape index (κ3) is 3.38. The van der Waals surface area contributed by atoms with Gasteiger partial charge in [0, 0.05) is 49.5 Å². The highest BCUT2D eigenvalue weighted by atomic mass is 16.5. The lowest BCUT2D eigenvalue weighted by Crippen LogP contribution is -2.50. The van der Waals surface area contributed by atoms with Crippen molar-refractivity contribution in [3.63, 3.8) is 0 Å². The largest absolute Gasteiger partial charge is 0.370 e. The molecule has 3 heterocycles. The number of pyridine rings is 1. The zero-order chi connectivity index (χ0) is 18.1. The molecule has 1 aromatic carbocycles. The molecule has 4 rings (SSSR count). The number of nitrogens with zero attached hydrogens (tertiary/aromatic N) is 4. The van der Waals surface area contributed by atoms with E-state index in [1.165, 1.54) is 0 Å². The topological polar surface area (TPSA) is 78.4 Å². The number of aromatic nitrogens is 1. The van der Waals surface area contributed by atoms with Gasteiger partial charge in [-0.2, -0.15) is 5.26 Å². The lowest BCUT2D eigenvalue weighted by Gasteiger charge is -2.40. The van der Waals surface area contributed by atoms with E-state index in [1.807, 2.05) is 24.3 Å². The van der Waals surface area contributed by atoms with Crippen molar-refractivity contribution in [2.45, 2.75) is 31.6 Å². The number of rotatable bonds is 3. The Labute approximate surface area is 154 Å². The number of nitriles is 1. The molecule has 3 atom stereocenters. The van der Waals surface area contributed by atoms with Gasteiger partial charge in [-0.3, -0.25) is 9.88 Å². The lowest BCUT2D eigenvalue weighted by atomic mass is 10.1. The Kier molecular flexibility index (Phi) is 4.77. The van der Waals surface area contributed by atoms with Crippen molar-refractivity contribution in [2.24, 2.45) is 5.73 Å². The Morgan fingerprint density at radius 3 is 2.96 bits per heavy atom. The van der Waals surface area contributed by atoms with Gasteiger partial charge in [-0.1, -0.05) is 0 Å². The molecule has 0 saturated carbocycles. The van der Waals surface area contributed by atoms with Gasteiger partial charge in [-0.25, -0.2) is 0 Å². The number of nitrogens with two attached hydrogens (primary N) is 1. The van der Waals surface area contributed by atoms with Crippen LogP contribution >= 0.6 is 0 Å². The third-order valence-electron chi connectivity index (χ3n) is 5.30. The predicted octanol–water partition coefficient (Wildman–Crippen LogP) is 1.73. The van der Waals surface area contributed by atoms with Crippen LogP contribution < -0.4 is 10.6 Å². The van der Waals surface area contributed by atoms with Crippen LogP contribution in [0.4, 0.5) is 5.69 Å². The van der Waals surface area contributed by atoms with Crippen LogP contribution in [0.3, 0.4) is 0 Å². The molecule has 2 saturated heterocycles. The van der Waals surface area contributed by atoms with Gasteiger partial charge in [-0.05, 0) is 44.2 Å². The third-order valence-corrected chi connectivity index (χ3v) is 5.30. The van der Waals surface area contributed by atoms with Crippen LogP contribution in [0.15, 0.2) is 30.5 Å². The molecule has 2 aliphatic heterocycles. The zero-order valence-electron chi connectivity index (χ0n) is 15.1. The van der Waals surface area contributed by atoms with Gasteiger partial charge < -0.3 is 15.4 Å². The van der Waals surface area contributed by atoms with E-state index in [4.69, 9.17) is 10.5 Å². The molecule has 2 aromatic rings. The molecular formula is C20H25N5O. The molecule has 0 spiro atoms. The van der Waals surface area contributed by atoms with Crippen LogP contribution in [0.2, 0.25) is 0 Å². The molecule has 6 heteroatoms. The van der Waals surface area contributed by atoms with Gasteiger partial charge >= 0.3 is 0 Å². The molecule has 136 valence electrons. The maximum Gasteiger partial charge on any atom is 0.101 e. The Bertz CT molecular complexity index is 833. The summed E-state index contributed by atoms with van der Waals surface area (Å²) in [6.45, 7) is 6.73. The first-order valence-electron chi connectivity index (χ1n) is 9.30. The van der Waals surface area contributed by atoms with E-state index in [2.05, 4.69) is 27.8 Å². The van der Waals surface area contributed by atoms with Crippen molar-refractivity contribution < 1.29 is 4.74 Å². The van der Waals surface area contributed by atoms with E-state index in [9.17, 15) is 5.26 Å². The van der Waals surface area contributed by atoms with E-state index in [1.54, 1.807) is 6.20 Å². The van der Waals surface area contributed by atoms with E-state index in [-0.39, 0.29) is 12.2 Å². The molecule has 0 aliphatic carbocycles. The smallest absolute Gasteiger partial charge is 0.101 e. The second-order valence-corrected chi connectivity index (χ2v) is 7.43. The van der Waals surface area contributed by atoms with E-state index < -0.39 is 0 Å². The van der Waals surface area contributed by atoms with Gasteiger partial charge in [-0.15, -0.1) is 0 Å². The summed E-state index contributed by atoms with van der Waals surface area (Å²) in [4.78, 5) is 9.22. The first-order chi connectivity index (χ1) is 12.6. The van der Waals surface area contributed by atoms with Gasteiger partial charge in [0.2, 0.25) is 0 Å². The number of fused-ring (bicyclic) bond motifs is 1. The SMILES string of the molecule is C[C@@H]1CN(c2ccc(C#N)c3ncccc23)C[C@@H](CN2CC[C@@H](N)C2)O1. The second kappa shape index (κ2) is 7.20. The Hall–Kier alpha value is -2.20. The molecule has 2 N–H and O–H groups in total. The average Bonchev–Trinajstić information content (AvgIpc) is 3.05. The molecule has 0 bridgehead atoms. The van der Waals surface area contributed by atoms with Crippen molar-refractivity contribution in [3.8, 4) is 6.07 Å². The van der Waals surface area contributed by atoms with Crippen molar-refractivity contribution in [1.29, 1.82) is 5.26 Å². The van der Waals surface area contributed by atoms with Crippen LogP contribution in [0, 0.1) is 11.3 Å². The lowest BCUT2D eigenvalue weighted by molar-refractivity contribution is -0.0294. The van der Waals surface area contributed by atoms with E-state index >= 15 is 0 Å². The summed E-state index contributed by atoms with van der Waals surface area (Å²) in [5.41, 5.74) is 8.56. The van der Waals surface area contributed by atoms with Crippen molar-refractivity contribution in [1.82, 2.24) is 9.88 Å². The minimum atomic E-state index is 0.159. The van der Waals surface area contributed by atoms with Gasteiger partial charge in [0.15, 0.2) is 0 Å². The molecular weight excluding hydrogens is 326 g/mol. The fourth-order valence-corrected chi connectivity index (χ4v) is 4.18. The van der Waals surface area contributed by atoms with Crippen LogP contribution in [0.5, 0.6) is 0 Å². The summed E-state index contributed by atoms with van der Waals surface area (Å²) >= 11 is 0. The highest BCUT2D eigenvalue weighted by molar-refractivity contribution is 5.95. The zero-order valence-corrected chi connectivity index (χ0v) is 15.1. The van der Waals surface area contributed by atoms with Crippen molar-refractivity contribution in [2.75, 3.05) is 37.6 Å². The van der Waals surface area contributed by atoms with Crippen LogP contribution in [-0.2, 0) is 4.74 Å². The Morgan fingerprint density at radius 2 is 2.19 bits per heavy atom. The summed E-state index contributed by atoms with van der Waals surface area (Å²) in [6.07, 6.45) is 3.13. The molecule has 26 heavy (non-hydrogen) atoms. The summed E-state index contributed by atoms with van der Waals surface area (Å²) < 4.78 is 6.20. The van der Waals surface area contributed by atoms with Gasteiger partial charge in [0.25, 0.3) is 0 Å². The molecule has 0 unspecified atom stereocenters. The summed E-state index contributed by atoms with van der Waals surface area (Å²) in [6, 6.07) is 10.4. The van der Waals surface area contributed by atoms with Crippen molar-refractivity contribution in [3.05, 3.63) is 36.0 Å². The number of hydrogen-bond donors (Lipinski definition) is 1. The number of benzene rings is 1. The normalized spacial score (nSPS) is 27.0. The quantitative estimate of drug-likeness (QED) is 0.907. The van der Waals surface area contributed by atoms with Crippen LogP contribution in [0.25, 0.3) is 10.9 Å². The number of hydrogen-bond acceptors (Lipinski definition) is 6. The van der Waals surface area contributed by atoms with E-state index in [0.717, 1.165) is 55.7 Å².